The van der Waals surface area contributed by atoms with Crippen molar-refractivity contribution >= 4 is 0 Å². The molecule has 8 rings (SSSR count). The molecule has 0 aromatic carbocycles. The number of fused-ring (bicyclic) bond motifs is 7. The van der Waals surface area contributed by atoms with Crippen molar-refractivity contribution in [2.45, 2.75) is 165 Å². The van der Waals surface area contributed by atoms with Gasteiger partial charge in [-0.1, -0.05) is 39.3 Å². The topological polar surface area (TPSA) is 197 Å². The van der Waals surface area contributed by atoms with Crippen LogP contribution in [0.1, 0.15) is 85.5 Å². The highest BCUT2D eigenvalue weighted by Gasteiger charge is 2.68. The summed E-state index contributed by atoms with van der Waals surface area (Å²) in [5.41, 5.74) is 1.62. The van der Waals surface area contributed by atoms with Crippen molar-refractivity contribution in [1.82, 2.24) is 0 Å². The average Bonchev–Trinajstić information content (AvgIpc) is 3.56. The van der Waals surface area contributed by atoms with Gasteiger partial charge in [0.05, 0.1) is 25.4 Å². The van der Waals surface area contributed by atoms with Crippen LogP contribution in [0.2, 0.25) is 0 Å². The molecule has 290 valence electrons. The van der Waals surface area contributed by atoms with Crippen molar-refractivity contribution in [3.05, 3.63) is 11.6 Å². The summed E-state index contributed by atoms with van der Waals surface area (Å²) >= 11 is 0. The van der Waals surface area contributed by atoms with Gasteiger partial charge in [-0.2, -0.15) is 0 Å². The highest BCUT2D eigenvalue weighted by atomic mass is 16.8. The fourth-order valence-electron chi connectivity index (χ4n) is 12.4. The monoisotopic (exact) mass is 724 g/mol. The standard InChI is InChI=1S/C38H60O13/c1-17-7-12-38(46-16-17)18(2)26-24(51-38)14-23-21-6-5-19-13-20(8-10-36(19,3)22(21)9-11-37(23,26)4)47-35-32(29(42)27(40)25(15-39)48-35)49-34-31(44)28(41)30(43)33(45)50-34/h5,17-18,20-35,39-45H,6-16H2,1-4H3/t17-,18+,20?,21-,22+,23+,24?,25?,26?,27-,28?,29?,30-,31?,32?,33?,34-,35-,36+,37+,38-/m1/s1. The Hall–Kier alpha value is -0.780. The van der Waals surface area contributed by atoms with E-state index in [9.17, 15) is 35.7 Å². The predicted molar refractivity (Wildman–Crippen MR) is 178 cm³/mol. The zero-order chi connectivity index (χ0) is 36.2. The van der Waals surface area contributed by atoms with Gasteiger partial charge in [-0.05, 0) is 91.8 Å². The normalized spacial score (nSPS) is 58.4. The molecule has 0 aromatic rings. The van der Waals surface area contributed by atoms with Gasteiger partial charge in [-0.25, -0.2) is 0 Å². The molecular formula is C38H60O13. The third kappa shape index (κ3) is 5.83. The Bertz CT molecular complexity index is 1310. The quantitative estimate of drug-likeness (QED) is 0.201. The first kappa shape index (κ1) is 37.2. The SMILES string of the molecule is C[C@@H]1CC[C@@]2(OC1)OC1C[C@H]3[C@@H]4CC=C5CC(O[C@@H]6OC(CO)[C@@H](O)C(O)C6O[C@@H]6OC(O)[C@H](O)C(O)C6O)CC[C@]5(C)[C@H]4CC[C@]3(C)C1[C@@H]2C. The fraction of sp³-hybridized carbons (Fsp3) is 0.947. The largest absolute Gasteiger partial charge is 0.394 e. The lowest BCUT2D eigenvalue weighted by molar-refractivity contribution is -0.388. The molecule has 4 saturated heterocycles. The Morgan fingerprint density at radius 2 is 1.61 bits per heavy atom. The molecule has 7 N–H and O–H groups in total. The molecule has 4 aliphatic heterocycles. The summed E-state index contributed by atoms with van der Waals surface area (Å²) in [6.45, 7) is 9.83. The van der Waals surface area contributed by atoms with Crippen molar-refractivity contribution in [3.63, 3.8) is 0 Å². The maximum atomic E-state index is 11.1. The van der Waals surface area contributed by atoms with E-state index in [1.54, 1.807) is 0 Å². The van der Waals surface area contributed by atoms with Gasteiger partial charge >= 0.3 is 0 Å². The Balaban J connectivity index is 0.964. The summed E-state index contributed by atoms with van der Waals surface area (Å²) in [4.78, 5) is 0. The predicted octanol–water partition coefficient (Wildman–Crippen LogP) is 1.32. The first-order valence-electron chi connectivity index (χ1n) is 19.5. The molecule has 0 aromatic heterocycles. The lowest BCUT2D eigenvalue weighted by Crippen LogP contribution is -2.64. The van der Waals surface area contributed by atoms with Crippen molar-refractivity contribution in [2.75, 3.05) is 13.2 Å². The number of hydrogen-bond acceptors (Lipinski definition) is 13. The maximum absolute atomic E-state index is 11.1. The van der Waals surface area contributed by atoms with Crippen LogP contribution in [0.3, 0.4) is 0 Å². The maximum Gasteiger partial charge on any atom is 0.189 e. The van der Waals surface area contributed by atoms with Gasteiger partial charge in [0.1, 0.15) is 42.7 Å². The molecule has 9 unspecified atom stereocenters. The van der Waals surface area contributed by atoms with Gasteiger partial charge in [-0.3, -0.25) is 0 Å². The molecule has 51 heavy (non-hydrogen) atoms. The summed E-state index contributed by atoms with van der Waals surface area (Å²) < 4.78 is 36.9. The van der Waals surface area contributed by atoms with Gasteiger partial charge in [0.2, 0.25) is 0 Å². The molecule has 1 spiro atoms. The van der Waals surface area contributed by atoms with Crippen molar-refractivity contribution < 1.29 is 64.2 Å². The summed E-state index contributed by atoms with van der Waals surface area (Å²) in [6, 6.07) is 0. The van der Waals surface area contributed by atoms with Crippen molar-refractivity contribution in [2.24, 2.45) is 46.3 Å². The zero-order valence-electron chi connectivity index (χ0n) is 30.3. The number of ether oxygens (including phenoxy) is 6. The van der Waals surface area contributed by atoms with Crippen LogP contribution in [0.15, 0.2) is 11.6 Å². The smallest absolute Gasteiger partial charge is 0.189 e. The van der Waals surface area contributed by atoms with Crippen LogP contribution in [-0.4, -0.2) is 129 Å². The molecule has 4 aliphatic carbocycles. The van der Waals surface area contributed by atoms with E-state index in [0.717, 1.165) is 45.1 Å². The molecule has 0 radical (unpaired) electrons. The minimum absolute atomic E-state index is 0.0257. The molecule has 21 atom stereocenters. The van der Waals surface area contributed by atoms with Crippen LogP contribution in [0.5, 0.6) is 0 Å². The molecular weight excluding hydrogens is 664 g/mol. The number of aliphatic hydroxyl groups is 7. The molecule has 0 bridgehead atoms. The molecule has 0 amide bonds. The van der Waals surface area contributed by atoms with Gasteiger partial charge in [0, 0.05) is 12.3 Å². The van der Waals surface area contributed by atoms with E-state index >= 15 is 0 Å². The minimum atomic E-state index is -1.86. The average molecular weight is 725 g/mol. The molecule has 13 nitrogen and oxygen atoms in total. The second-order valence-corrected chi connectivity index (χ2v) is 18.0. The highest BCUT2D eigenvalue weighted by Crippen LogP contribution is 2.70. The summed E-state index contributed by atoms with van der Waals surface area (Å²) in [6.07, 6.45) is -4.47. The minimum Gasteiger partial charge on any atom is -0.394 e. The third-order valence-corrected chi connectivity index (χ3v) is 15.3. The van der Waals surface area contributed by atoms with E-state index in [4.69, 9.17) is 28.4 Å². The molecule has 13 heteroatoms. The number of rotatable bonds is 5. The summed E-state index contributed by atoms with van der Waals surface area (Å²) in [7, 11) is 0. The van der Waals surface area contributed by atoms with E-state index in [0.29, 0.717) is 41.9 Å². The van der Waals surface area contributed by atoms with Crippen LogP contribution in [0, 0.1) is 46.3 Å². The Kier molecular flexibility index (Phi) is 9.80. The third-order valence-electron chi connectivity index (χ3n) is 15.3. The lowest BCUT2D eigenvalue weighted by atomic mass is 9.47. The van der Waals surface area contributed by atoms with Crippen LogP contribution < -0.4 is 0 Å². The Labute approximate surface area is 300 Å². The zero-order valence-corrected chi connectivity index (χ0v) is 30.3. The first-order valence-corrected chi connectivity index (χ1v) is 19.5. The van der Waals surface area contributed by atoms with E-state index in [1.165, 1.54) is 18.4 Å². The van der Waals surface area contributed by atoms with Crippen LogP contribution in [0.25, 0.3) is 0 Å². The highest BCUT2D eigenvalue weighted by molar-refractivity contribution is 5.26. The number of aliphatic hydroxyl groups excluding tert-OH is 7. The second-order valence-electron chi connectivity index (χ2n) is 18.0. The first-order chi connectivity index (χ1) is 24.2. The van der Waals surface area contributed by atoms with Gasteiger partial charge in [0.15, 0.2) is 24.7 Å². The van der Waals surface area contributed by atoms with Gasteiger partial charge < -0.3 is 64.2 Å². The number of hydrogen-bond donors (Lipinski definition) is 7. The van der Waals surface area contributed by atoms with Gasteiger partial charge in [0.25, 0.3) is 0 Å². The molecule has 8 aliphatic rings. The summed E-state index contributed by atoms with van der Waals surface area (Å²) in [5, 5.41) is 72.3. The van der Waals surface area contributed by atoms with E-state index < -0.39 is 74.0 Å². The second kappa shape index (κ2) is 13.5. The molecule has 7 fully saturated rings. The van der Waals surface area contributed by atoms with Crippen LogP contribution >= 0.6 is 0 Å². The van der Waals surface area contributed by atoms with Gasteiger partial charge in [-0.15, -0.1) is 0 Å². The Morgan fingerprint density at radius 3 is 2.33 bits per heavy atom. The van der Waals surface area contributed by atoms with E-state index in [1.807, 2.05) is 0 Å². The molecule has 4 heterocycles. The van der Waals surface area contributed by atoms with E-state index in [-0.39, 0.29) is 23.0 Å². The van der Waals surface area contributed by atoms with Crippen molar-refractivity contribution in [1.29, 1.82) is 0 Å². The lowest BCUT2D eigenvalue weighted by Gasteiger charge is -2.58. The fourth-order valence-corrected chi connectivity index (χ4v) is 12.4. The van der Waals surface area contributed by atoms with E-state index in [2.05, 4.69) is 33.8 Å². The van der Waals surface area contributed by atoms with Crippen LogP contribution in [-0.2, 0) is 28.4 Å². The Morgan fingerprint density at radius 1 is 0.824 bits per heavy atom. The van der Waals surface area contributed by atoms with Crippen molar-refractivity contribution in [3.8, 4) is 0 Å². The molecule has 3 saturated carbocycles. The van der Waals surface area contributed by atoms with Crippen LogP contribution in [0.4, 0.5) is 0 Å². The number of allylic oxidation sites excluding steroid dienone is 1. The summed E-state index contributed by atoms with van der Waals surface area (Å²) in [5.74, 6) is 2.82.